The van der Waals surface area contributed by atoms with Gasteiger partial charge in [0.1, 0.15) is 17.3 Å². The molecular formula is C19H21N3O4S. The Hall–Kier alpha value is -2.74. The van der Waals surface area contributed by atoms with Crippen molar-refractivity contribution >= 4 is 27.5 Å². The van der Waals surface area contributed by atoms with Gasteiger partial charge in [-0.15, -0.1) is 11.3 Å². The Balaban J connectivity index is 1.81. The van der Waals surface area contributed by atoms with E-state index in [2.05, 4.69) is 23.8 Å². The van der Waals surface area contributed by atoms with Gasteiger partial charge in [-0.3, -0.25) is 4.79 Å². The third-order valence-corrected chi connectivity index (χ3v) is 5.58. The molecule has 0 spiro atoms. The van der Waals surface area contributed by atoms with Gasteiger partial charge >= 0.3 is 5.97 Å². The van der Waals surface area contributed by atoms with Gasteiger partial charge in [-0.25, -0.2) is 9.78 Å². The third-order valence-electron chi connectivity index (χ3n) is 4.54. The Morgan fingerprint density at radius 3 is 2.78 bits per heavy atom. The molecule has 0 bridgehead atoms. The number of aromatic amines is 1. The second-order valence-electron chi connectivity index (χ2n) is 6.57. The molecule has 0 saturated heterocycles. The Labute approximate surface area is 160 Å². The molecule has 0 unspecified atom stereocenters. The highest BCUT2D eigenvalue weighted by atomic mass is 32.1. The zero-order chi connectivity index (χ0) is 19.6. The lowest BCUT2D eigenvalue weighted by atomic mass is 9.98. The number of nitrogens with one attached hydrogen (secondary N) is 1. The number of fused-ring (bicyclic) bond motifs is 1. The third kappa shape index (κ3) is 4.16. The van der Waals surface area contributed by atoms with Crippen LogP contribution in [0.1, 0.15) is 46.9 Å². The van der Waals surface area contributed by atoms with Crippen molar-refractivity contribution in [1.29, 1.82) is 0 Å². The van der Waals surface area contributed by atoms with Crippen LogP contribution >= 0.6 is 11.3 Å². The Bertz CT molecular complexity index is 1020. The van der Waals surface area contributed by atoms with E-state index in [0.29, 0.717) is 26.7 Å². The second-order valence-corrected chi connectivity index (χ2v) is 7.77. The average molecular weight is 387 g/mol. The van der Waals surface area contributed by atoms with E-state index in [0.717, 1.165) is 23.3 Å². The van der Waals surface area contributed by atoms with Crippen LogP contribution in [0.4, 0.5) is 0 Å². The molecule has 0 aliphatic carbocycles. The Kier molecular flexibility index (Phi) is 5.55. The Morgan fingerprint density at radius 1 is 1.41 bits per heavy atom. The van der Waals surface area contributed by atoms with Gasteiger partial charge in [-0.05, 0) is 24.8 Å². The van der Waals surface area contributed by atoms with Gasteiger partial charge in [-0.2, -0.15) is 4.73 Å². The fourth-order valence-electron chi connectivity index (χ4n) is 2.79. The fourth-order valence-corrected chi connectivity index (χ4v) is 3.87. The molecule has 7 nitrogen and oxygen atoms in total. The van der Waals surface area contributed by atoms with Gasteiger partial charge in [0.25, 0.3) is 5.56 Å². The molecule has 1 atom stereocenters. The van der Waals surface area contributed by atoms with Crippen molar-refractivity contribution in [2.45, 2.75) is 40.2 Å². The van der Waals surface area contributed by atoms with Crippen LogP contribution < -0.4 is 10.3 Å². The van der Waals surface area contributed by atoms with Crippen LogP contribution in [0, 0.1) is 18.0 Å². The van der Waals surface area contributed by atoms with E-state index >= 15 is 0 Å². The predicted octanol–water partition coefficient (Wildman–Crippen LogP) is 2.87. The van der Waals surface area contributed by atoms with Crippen molar-refractivity contribution in [1.82, 2.24) is 9.97 Å². The first-order valence-corrected chi connectivity index (χ1v) is 9.57. The highest BCUT2D eigenvalue weighted by molar-refractivity contribution is 7.18. The van der Waals surface area contributed by atoms with Crippen LogP contribution in [0.5, 0.6) is 0 Å². The first kappa shape index (κ1) is 19.0. The van der Waals surface area contributed by atoms with E-state index in [4.69, 9.17) is 4.74 Å². The van der Waals surface area contributed by atoms with E-state index in [1.54, 1.807) is 0 Å². The van der Waals surface area contributed by atoms with Crippen LogP contribution in [0.2, 0.25) is 0 Å². The number of ether oxygens (including phenoxy) is 1. The molecule has 3 aromatic rings. The number of aryl methyl sites for hydroxylation is 1. The van der Waals surface area contributed by atoms with Crippen LogP contribution in [0.25, 0.3) is 10.2 Å². The summed E-state index contributed by atoms with van der Waals surface area (Å²) in [5.41, 5.74) is 1.10. The van der Waals surface area contributed by atoms with E-state index < -0.39 is 5.97 Å². The summed E-state index contributed by atoms with van der Waals surface area (Å²) in [5, 5.41) is 11.7. The Morgan fingerprint density at radius 2 is 2.11 bits per heavy atom. The number of H-pyrrole nitrogens is 1. The SMILES string of the molecule is CC[C@@H](C)Cc1c(C)sc2nc(COC(=O)c3cc[n+]([O-])cc3)[nH]c(=O)c12. The normalized spacial score (nSPS) is 12.3. The molecule has 27 heavy (non-hydrogen) atoms. The van der Waals surface area contributed by atoms with E-state index in [1.165, 1.54) is 35.9 Å². The molecule has 1 N–H and O–H groups in total. The van der Waals surface area contributed by atoms with Crippen molar-refractivity contribution in [2.24, 2.45) is 5.92 Å². The van der Waals surface area contributed by atoms with E-state index in [1.807, 2.05) is 6.92 Å². The monoisotopic (exact) mass is 387 g/mol. The van der Waals surface area contributed by atoms with E-state index in [9.17, 15) is 14.8 Å². The molecule has 0 aliphatic rings. The number of rotatable bonds is 6. The molecule has 142 valence electrons. The smallest absolute Gasteiger partial charge is 0.339 e. The number of carbonyl (C=O) groups is 1. The molecule has 0 amide bonds. The summed E-state index contributed by atoms with van der Waals surface area (Å²) in [6.07, 6.45) is 4.32. The minimum Gasteiger partial charge on any atom is -0.619 e. The van der Waals surface area contributed by atoms with Gasteiger partial charge < -0.3 is 14.9 Å². The molecule has 8 heteroatoms. The zero-order valence-corrected chi connectivity index (χ0v) is 16.3. The zero-order valence-electron chi connectivity index (χ0n) is 15.4. The van der Waals surface area contributed by atoms with Gasteiger partial charge in [0, 0.05) is 17.0 Å². The number of hydrogen-bond acceptors (Lipinski definition) is 6. The second kappa shape index (κ2) is 7.87. The highest BCUT2D eigenvalue weighted by Crippen LogP contribution is 2.29. The summed E-state index contributed by atoms with van der Waals surface area (Å²) < 4.78 is 5.78. The molecule has 0 fully saturated rings. The molecule has 0 saturated carbocycles. The maximum atomic E-state index is 12.6. The van der Waals surface area contributed by atoms with E-state index in [-0.39, 0.29) is 17.7 Å². The molecule has 0 aliphatic heterocycles. The molecule has 3 rings (SSSR count). The number of thiophene rings is 1. The number of nitrogens with zero attached hydrogens (tertiary/aromatic N) is 2. The number of carbonyl (C=O) groups excluding carboxylic acids is 1. The lowest BCUT2D eigenvalue weighted by Crippen LogP contribution is -2.24. The summed E-state index contributed by atoms with van der Waals surface area (Å²) in [4.78, 5) is 33.6. The van der Waals surface area contributed by atoms with Crippen molar-refractivity contribution in [3.05, 3.63) is 61.9 Å². The van der Waals surface area contributed by atoms with Gasteiger partial charge in [-0.1, -0.05) is 20.3 Å². The minimum atomic E-state index is -0.585. The van der Waals surface area contributed by atoms with Crippen LogP contribution in [-0.2, 0) is 17.8 Å². The number of aromatic nitrogens is 3. The maximum absolute atomic E-state index is 12.6. The summed E-state index contributed by atoms with van der Waals surface area (Å²) in [6, 6.07) is 2.75. The number of pyridine rings is 1. The summed E-state index contributed by atoms with van der Waals surface area (Å²) in [5.74, 6) is 0.199. The topological polar surface area (TPSA) is 99.0 Å². The maximum Gasteiger partial charge on any atom is 0.339 e. The minimum absolute atomic E-state index is 0.145. The van der Waals surface area contributed by atoms with Crippen LogP contribution in [0.3, 0.4) is 0 Å². The molecular weight excluding hydrogens is 366 g/mol. The van der Waals surface area contributed by atoms with Gasteiger partial charge in [0.05, 0.1) is 10.9 Å². The first-order valence-electron chi connectivity index (χ1n) is 8.76. The largest absolute Gasteiger partial charge is 0.619 e. The molecule has 0 radical (unpaired) electrons. The first-order chi connectivity index (χ1) is 12.9. The van der Waals surface area contributed by atoms with Gasteiger partial charge in [0.15, 0.2) is 12.4 Å². The number of hydrogen-bond donors (Lipinski definition) is 1. The van der Waals surface area contributed by atoms with Crippen molar-refractivity contribution < 1.29 is 14.3 Å². The van der Waals surface area contributed by atoms with Crippen molar-refractivity contribution in [3.8, 4) is 0 Å². The van der Waals surface area contributed by atoms with Crippen molar-refractivity contribution in [3.63, 3.8) is 0 Å². The molecule has 3 aromatic heterocycles. The molecule has 3 heterocycles. The van der Waals surface area contributed by atoms with Crippen LogP contribution in [-0.4, -0.2) is 15.9 Å². The molecule has 0 aromatic carbocycles. The van der Waals surface area contributed by atoms with Crippen molar-refractivity contribution in [2.75, 3.05) is 0 Å². The standard InChI is InChI=1S/C19H21N3O4S/c1-4-11(2)9-14-12(3)27-18-16(14)17(23)20-15(21-18)10-26-19(24)13-5-7-22(25)8-6-13/h5-8,11H,4,9-10H2,1-3H3,(H,20,21,23)/t11-/m1/s1. The average Bonchev–Trinajstić information content (AvgIpc) is 2.95. The summed E-state index contributed by atoms with van der Waals surface area (Å²) >= 11 is 1.48. The highest BCUT2D eigenvalue weighted by Gasteiger charge is 2.17. The fraction of sp³-hybridized carbons (Fsp3) is 0.368. The van der Waals surface area contributed by atoms with Crippen LogP contribution in [0.15, 0.2) is 29.3 Å². The number of esters is 1. The predicted molar refractivity (Wildman–Crippen MR) is 103 cm³/mol. The lowest BCUT2D eigenvalue weighted by Gasteiger charge is -2.08. The lowest BCUT2D eigenvalue weighted by molar-refractivity contribution is -0.605. The summed E-state index contributed by atoms with van der Waals surface area (Å²) in [7, 11) is 0. The van der Waals surface area contributed by atoms with Gasteiger partial charge in [0.2, 0.25) is 0 Å². The summed E-state index contributed by atoms with van der Waals surface area (Å²) in [6.45, 7) is 6.15. The quantitative estimate of drug-likeness (QED) is 0.398.